The van der Waals surface area contributed by atoms with Crippen molar-refractivity contribution < 1.29 is 0 Å². The van der Waals surface area contributed by atoms with E-state index < -0.39 is 0 Å². The fourth-order valence-corrected chi connectivity index (χ4v) is 2.13. The van der Waals surface area contributed by atoms with Crippen molar-refractivity contribution in [1.29, 1.82) is 0 Å². The van der Waals surface area contributed by atoms with E-state index in [1.165, 1.54) is 0 Å². The second-order valence-corrected chi connectivity index (χ2v) is 4.03. The molecule has 0 bridgehead atoms. The third-order valence-electron chi connectivity index (χ3n) is 1.96. The first-order valence-electron chi connectivity index (χ1n) is 4.39. The van der Waals surface area contributed by atoms with Crippen molar-refractivity contribution in [2.75, 3.05) is 0 Å². The molecule has 14 heavy (non-hydrogen) atoms. The van der Waals surface area contributed by atoms with Crippen LogP contribution in [0.5, 0.6) is 0 Å². The van der Waals surface area contributed by atoms with Crippen LogP contribution < -0.4 is 5.73 Å². The number of nitrogens with zero attached hydrogens (tertiary/aromatic N) is 2. The van der Waals surface area contributed by atoms with Crippen molar-refractivity contribution in [3.63, 3.8) is 0 Å². The van der Waals surface area contributed by atoms with Gasteiger partial charge in [-0.1, -0.05) is 6.07 Å². The normalized spacial score (nSPS) is 10.4. The van der Waals surface area contributed by atoms with Crippen molar-refractivity contribution in [2.45, 2.75) is 13.5 Å². The zero-order chi connectivity index (χ0) is 9.97. The Bertz CT molecular complexity index is 422. The molecule has 0 aliphatic carbocycles. The lowest BCUT2D eigenvalue weighted by Crippen LogP contribution is -1.94. The molecule has 0 amide bonds. The molecular weight excluding hydrogens is 194 g/mol. The van der Waals surface area contributed by atoms with Crippen molar-refractivity contribution in [3.05, 3.63) is 35.0 Å². The van der Waals surface area contributed by atoms with Crippen LogP contribution in [0.15, 0.2) is 24.4 Å². The Morgan fingerprint density at radius 3 is 2.86 bits per heavy atom. The maximum Gasteiger partial charge on any atom is 0.142 e. The summed E-state index contributed by atoms with van der Waals surface area (Å²) in [6, 6.07) is 5.81. The molecule has 0 atom stereocenters. The highest BCUT2D eigenvalue weighted by molar-refractivity contribution is 7.15. The minimum atomic E-state index is 0.552. The molecular formula is C10H11N3S. The summed E-state index contributed by atoms with van der Waals surface area (Å²) in [4.78, 5) is 9.80. The van der Waals surface area contributed by atoms with Crippen LogP contribution in [0.25, 0.3) is 10.7 Å². The van der Waals surface area contributed by atoms with Crippen LogP contribution in [0.4, 0.5) is 0 Å². The first-order chi connectivity index (χ1) is 6.81. The summed E-state index contributed by atoms with van der Waals surface area (Å²) in [6.45, 7) is 2.53. The number of aryl methyl sites for hydroxylation is 1. The second kappa shape index (κ2) is 3.86. The molecule has 2 aromatic heterocycles. The summed E-state index contributed by atoms with van der Waals surface area (Å²) in [6.07, 6.45) is 1.77. The monoisotopic (exact) mass is 205 g/mol. The zero-order valence-corrected chi connectivity index (χ0v) is 8.71. The van der Waals surface area contributed by atoms with Crippen LogP contribution in [0.3, 0.4) is 0 Å². The first-order valence-corrected chi connectivity index (χ1v) is 5.20. The molecule has 0 radical (unpaired) electrons. The topological polar surface area (TPSA) is 51.8 Å². The van der Waals surface area contributed by atoms with Crippen LogP contribution >= 0.6 is 11.3 Å². The molecule has 0 unspecified atom stereocenters. The first kappa shape index (κ1) is 9.30. The van der Waals surface area contributed by atoms with Gasteiger partial charge in [-0.05, 0) is 19.1 Å². The number of rotatable bonds is 2. The highest BCUT2D eigenvalue weighted by Crippen LogP contribution is 2.25. The number of pyridine rings is 1. The molecule has 0 fully saturated rings. The van der Waals surface area contributed by atoms with Gasteiger partial charge in [-0.15, -0.1) is 11.3 Å². The summed E-state index contributed by atoms with van der Waals surface area (Å²) in [7, 11) is 0. The molecule has 3 nitrogen and oxygen atoms in total. The van der Waals surface area contributed by atoms with E-state index >= 15 is 0 Å². The zero-order valence-electron chi connectivity index (χ0n) is 7.90. The molecule has 0 aromatic carbocycles. The van der Waals surface area contributed by atoms with Gasteiger partial charge in [-0.3, -0.25) is 4.98 Å². The summed E-state index contributed by atoms with van der Waals surface area (Å²) in [5, 5.41) is 0.948. The minimum Gasteiger partial charge on any atom is -0.326 e. The van der Waals surface area contributed by atoms with Crippen LogP contribution in [-0.2, 0) is 6.54 Å². The Morgan fingerprint density at radius 1 is 1.43 bits per heavy atom. The maximum absolute atomic E-state index is 5.59. The van der Waals surface area contributed by atoms with E-state index in [1.807, 2.05) is 25.1 Å². The third-order valence-corrected chi connectivity index (χ3v) is 3.16. The molecule has 2 heterocycles. The predicted octanol–water partition coefficient (Wildman–Crippen LogP) is 1.97. The summed E-state index contributed by atoms with van der Waals surface area (Å²) < 4.78 is 0. The molecule has 2 N–H and O–H groups in total. The Hall–Kier alpha value is -1.26. The molecule has 2 rings (SSSR count). The van der Waals surface area contributed by atoms with Crippen molar-refractivity contribution in [3.8, 4) is 10.7 Å². The van der Waals surface area contributed by atoms with E-state index in [2.05, 4.69) is 9.97 Å². The molecule has 0 saturated heterocycles. The van der Waals surface area contributed by atoms with Gasteiger partial charge in [-0.25, -0.2) is 4.98 Å². The van der Waals surface area contributed by atoms with Gasteiger partial charge in [0.1, 0.15) is 5.01 Å². The standard InChI is InChI=1S/C10H11N3S/c1-7-9(6-11)14-10(13-7)8-4-2-3-5-12-8/h2-5H,6,11H2,1H3. The molecule has 0 aliphatic rings. The van der Waals surface area contributed by atoms with Gasteiger partial charge >= 0.3 is 0 Å². The lowest BCUT2D eigenvalue weighted by molar-refractivity contribution is 1.06. The van der Waals surface area contributed by atoms with Crippen molar-refractivity contribution >= 4 is 11.3 Å². The van der Waals surface area contributed by atoms with E-state index in [-0.39, 0.29) is 0 Å². The van der Waals surface area contributed by atoms with Crippen LogP contribution in [-0.4, -0.2) is 9.97 Å². The highest BCUT2D eigenvalue weighted by atomic mass is 32.1. The van der Waals surface area contributed by atoms with Crippen molar-refractivity contribution in [2.24, 2.45) is 5.73 Å². The van der Waals surface area contributed by atoms with Gasteiger partial charge < -0.3 is 5.73 Å². The lowest BCUT2D eigenvalue weighted by atomic mass is 10.3. The summed E-state index contributed by atoms with van der Waals surface area (Å²) >= 11 is 1.61. The second-order valence-electron chi connectivity index (χ2n) is 2.95. The largest absolute Gasteiger partial charge is 0.326 e. The fraction of sp³-hybridized carbons (Fsp3) is 0.200. The number of thiazole rings is 1. The van der Waals surface area contributed by atoms with E-state index in [1.54, 1.807) is 17.5 Å². The molecule has 0 saturated carbocycles. The number of hydrogen-bond donors (Lipinski definition) is 1. The Kier molecular flexibility index (Phi) is 2.56. The SMILES string of the molecule is Cc1nc(-c2ccccn2)sc1CN. The molecule has 72 valence electrons. The van der Waals surface area contributed by atoms with Gasteiger partial charge in [0.2, 0.25) is 0 Å². The summed E-state index contributed by atoms with van der Waals surface area (Å²) in [5.74, 6) is 0. The molecule has 0 spiro atoms. The van der Waals surface area contributed by atoms with Crippen molar-refractivity contribution in [1.82, 2.24) is 9.97 Å². The van der Waals surface area contributed by atoms with E-state index in [0.717, 1.165) is 21.3 Å². The van der Waals surface area contributed by atoms with Crippen LogP contribution in [0.1, 0.15) is 10.6 Å². The Morgan fingerprint density at radius 2 is 2.29 bits per heavy atom. The molecule has 2 aromatic rings. The Labute approximate surface area is 86.6 Å². The number of hydrogen-bond acceptors (Lipinski definition) is 4. The van der Waals surface area contributed by atoms with E-state index in [9.17, 15) is 0 Å². The van der Waals surface area contributed by atoms with Gasteiger partial charge in [0, 0.05) is 17.6 Å². The molecule has 0 aliphatic heterocycles. The predicted molar refractivity (Wildman–Crippen MR) is 58.0 cm³/mol. The van der Waals surface area contributed by atoms with Gasteiger partial charge in [0.15, 0.2) is 0 Å². The van der Waals surface area contributed by atoms with Gasteiger partial charge in [0.05, 0.1) is 11.4 Å². The average Bonchev–Trinajstić information content (AvgIpc) is 2.61. The smallest absolute Gasteiger partial charge is 0.142 e. The fourth-order valence-electron chi connectivity index (χ4n) is 1.22. The quantitative estimate of drug-likeness (QED) is 0.815. The van der Waals surface area contributed by atoms with Gasteiger partial charge in [-0.2, -0.15) is 0 Å². The summed E-state index contributed by atoms with van der Waals surface area (Å²) in [5.41, 5.74) is 7.52. The van der Waals surface area contributed by atoms with E-state index in [0.29, 0.717) is 6.54 Å². The molecule has 4 heteroatoms. The maximum atomic E-state index is 5.59. The third kappa shape index (κ3) is 1.66. The lowest BCUT2D eigenvalue weighted by Gasteiger charge is -1.91. The van der Waals surface area contributed by atoms with Crippen LogP contribution in [0, 0.1) is 6.92 Å². The van der Waals surface area contributed by atoms with E-state index in [4.69, 9.17) is 5.73 Å². The Balaban J connectivity index is 2.43. The average molecular weight is 205 g/mol. The number of aromatic nitrogens is 2. The highest BCUT2D eigenvalue weighted by Gasteiger charge is 2.07. The number of nitrogens with two attached hydrogens (primary N) is 1. The minimum absolute atomic E-state index is 0.552. The van der Waals surface area contributed by atoms with Crippen LogP contribution in [0.2, 0.25) is 0 Å². The van der Waals surface area contributed by atoms with Gasteiger partial charge in [0.25, 0.3) is 0 Å².